The number of nitrogens with zero attached hydrogens (tertiary/aromatic N) is 2. The van der Waals surface area contributed by atoms with Crippen molar-refractivity contribution in [3.05, 3.63) is 24.3 Å². The second-order valence-electron chi connectivity index (χ2n) is 5.38. The second kappa shape index (κ2) is 10.8. The smallest absolute Gasteiger partial charge is 0.222 e. The first-order valence-corrected chi connectivity index (χ1v) is 8.22. The largest absolute Gasteiger partial charge is 0.485 e. The lowest BCUT2D eigenvalue weighted by Gasteiger charge is -2.27. The summed E-state index contributed by atoms with van der Waals surface area (Å²) in [5.41, 5.74) is 0. The number of halogens is 1. The van der Waals surface area contributed by atoms with Crippen LogP contribution in [0.15, 0.2) is 29.4 Å². The molecule has 8 heteroatoms. The van der Waals surface area contributed by atoms with Gasteiger partial charge < -0.3 is 24.5 Å². The number of carbonyl (C=O) groups excluding carboxylic acids is 1. The van der Waals surface area contributed by atoms with Gasteiger partial charge in [0.2, 0.25) is 5.91 Å². The Hall–Kier alpha value is -1.99. The van der Waals surface area contributed by atoms with Crippen LogP contribution >= 0.6 is 12.4 Å². The third-order valence-electron chi connectivity index (χ3n) is 3.67. The van der Waals surface area contributed by atoms with Crippen LogP contribution in [0.1, 0.15) is 20.8 Å². The lowest BCUT2D eigenvalue weighted by atomic mass is 10.2. The zero-order valence-electron chi connectivity index (χ0n) is 14.9. The standard InChI is InChI=1S/C17H25N3O4.ClH/c1-4-20(5-2)10-11-23-19-17(18-13(3)21)16-12-22-14-8-6-7-9-15(14)24-16;/h6-9,16H,4-5,10-12H2,1-3H3,(H,18,19,21);1H. The minimum absolute atomic E-state index is 0. The van der Waals surface area contributed by atoms with Gasteiger partial charge in [-0.2, -0.15) is 0 Å². The molecule has 1 N–H and O–H groups in total. The van der Waals surface area contributed by atoms with E-state index in [-0.39, 0.29) is 24.9 Å². The summed E-state index contributed by atoms with van der Waals surface area (Å²) in [6, 6.07) is 7.39. The van der Waals surface area contributed by atoms with Crippen LogP contribution in [0.2, 0.25) is 0 Å². The van der Waals surface area contributed by atoms with Crippen molar-refractivity contribution in [2.75, 3.05) is 32.8 Å². The summed E-state index contributed by atoms with van der Waals surface area (Å²) in [7, 11) is 0. The highest BCUT2D eigenvalue weighted by atomic mass is 35.5. The molecule has 0 radical (unpaired) electrons. The Bertz CT molecular complexity index is 579. The average Bonchev–Trinajstić information content (AvgIpc) is 2.60. The van der Waals surface area contributed by atoms with Gasteiger partial charge in [-0.3, -0.25) is 4.79 Å². The number of carbonyl (C=O) groups is 1. The molecule has 1 unspecified atom stereocenters. The summed E-state index contributed by atoms with van der Waals surface area (Å²) in [5, 5.41) is 6.72. The topological polar surface area (TPSA) is 72.4 Å². The molecule has 2 rings (SSSR count). The highest BCUT2D eigenvalue weighted by Gasteiger charge is 2.27. The molecule has 1 aromatic rings. The van der Waals surface area contributed by atoms with E-state index in [0.29, 0.717) is 23.9 Å². The highest BCUT2D eigenvalue weighted by Crippen LogP contribution is 2.30. The van der Waals surface area contributed by atoms with Gasteiger partial charge in [-0.15, -0.1) is 12.4 Å². The maximum atomic E-state index is 11.4. The van der Waals surface area contributed by atoms with E-state index in [1.807, 2.05) is 24.3 Å². The van der Waals surface area contributed by atoms with Crippen molar-refractivity contribution in [2.24, 2.45) is 5.16 Å². The van der Waals surface area contributed by atoms with Gasteiger partial charge in [0.25, 0.3) is 0 Å². The monoisotopic (exact) mass is 371 g/mol. The van der Waals surface area contributed by atoms with Gasteiger partial charge in [0.15, 0.2) is 23.4 Å². The van der Waals surface area contributed by atoms with E-state index in [2.05, 4.69) is 29.2 Å². The molecule has 0 aromatic heterocycles. The Morgan fingerprint density at radius 2 is 2.00 bits per heavy atom. The molecule has 140 valence electrons. The number of ether oxygens (including phenoxy) is 2. The van der Waals surface area contributed by atoms with Crippen LogP contribution in [0.4, 0.5) is 0 Å². The van der Waals surface area contributed by atoms with Gasteiger partial charge >= 0.3 is 0 Å². The van der Waals surface area contributed by atoms with E-state index in [1.54, 1.807) is 0 Å². The number of hydrogen-bond donors (Lipinski definition) is 1. The molecule has 1 amide bonds. The Morgan fingerprint density at radius 1 is 1.32 bits per heavy atom. The number of fused-ring (bicyclic) bond motifs is 1. The van der Waals surface area contributed by atoms with Gasteiger partial charge in [-0.05, 0) is 25.2 Å². The molecule has 1 aliphatic heterocycles. The van der Waals surface area contributed by atoms with E-state index in [1.165, 1.54) is 6.92 Å². The summed E-state index contributed by atoms with van der Waals surface area (Å²) >= 11 is 0. The SMILES string of the molecule is CCN(CC)CCO/N=C(\NC(C)=O)C1COc2ccccc2O1.Cl. The fourth-order valence-electron chi connectivity index (χ4n) is 2.32. The van der Waals surface area contributed by atoms with Crippen molar-refractivity contribution in [1.29, 1.82) is 0 Å². The molecular weight excluding hydrogens is 346 g/mol. The molecule has 0 saturated heterocycles. The molecule has 0 spiro atoms. The van der Waals surface area contributed by atoms with Crippen molar-refractivity contribution in [2.45, 2.75) is 26.9 Å². The normalized spacial score (nSPS) is 16.2. The van der Waals surface area contributed by atoms with Gasteiger partial charge in [0, 0.05) is 13.5 Å². The predicted octanol–water partition coefficient (Wildman–Crippen LogP) is 2.06. The van der Waals surface area contributed by atoms with Crippen molar-refractivity contribution < 1.29 is 19.1 Å². The number of oxime groups is 1. The molecule has 1 heterocycles. The summed E-state index contributed by atoms with van der Waals surface area (Å²) in [4.78, 5) is 19.0. The fourth-order valence-corrected chi connectivity index (χ4v) is 2.32. The van der Waals surface area contributed by atoms with E-state index in [0.717, 1.165) is 19.6 Å². The highest BCUT2D eigenvalue weighted by molar-refractivity contribution is 5.99. The second-order valence-corrected chi connectivity index (χ2v) is 5.38. The van der Waals surface area contributed by atoms with E-state index >= 15 is 0 Å². The Morgan fingerprint density at radius 3 is 2.64 bits per heavy atom. The minimum atomic E-state index is -0.516. The molecular formula is C17H26ClN3O4. The van der Waals surface area contributed by atoms with Gasteiger partial charge in [0.05, 0.1) is 0 Å². The van der Waals surface area contributed by atoms with Crippen molar-refractivity contribution in [1.82, 2.24) is 10.2 Å². The number of benzene rings is 1. The predicted molar refractivity (Wildman–Crippen MR) is 98.6 cm³/mol. The van der Waals surface area contributed by atoms with Gasteiger partial charge in [0.1, 0.15) is 13.2 Å². The van der Waals surface area contributed by atoms with Crippen LogP contribution in [0.25, 0.3) is 0 Å². The molecule has 25 heavy (non-hydrogen) atoms. The first-order chi connectivity index (χ1) is 11.6. The minimum Gasteiger partial charge on any atom is -0.485 e. The average molecular weight is 372 g/mol. The number of hydrogen-bond acceptors (Lipinski definition) is 6. The van der Waals surface area contributed by atoms with Crippen LogP contribution < -0.4 is 14.8 Å². The lowest BCUT2D eigenvalue weighted by Crippen LogP contribution is -2.46. The zero-order chi connectivity index (χ0) is 17.4. The number of nitrogens with one attached hydrogen (secondary N) is 1. The van der Waals surface area contributed by atoms with Crippen LogP contribution in [0, 0.1) is 0 Å². The van der Waals surface area contributed by atoms with Crippen molar-refractivity contribution >= 4 is 24.1 Å². The van der Waals surface area contributed by atoms with Gasteiger partial charge in [-0.1, -0.05) is 31.1 Å². The zero-order valence-corrected chi connectivity index (χ0v) is 15.7. The molecule has 0 bridgehead atoms. The molecule has 7 nitrogen and oxygen atoms in total. The summed E-state index contributed by atoms with van der Waals surface area (Å²) in [5.74, 6) is 1.38. The summed E-state index contributed by atoms with van der Waals surface area (Å²) in [6.07, 6.45) is -0.516. The first-order valence-electron chi connectivity index (χ1n) is 8.22. The third kappa shape index (κ3) is 6.43. The van der Waals surface area contributed by atoms with Crippen LogP contribution in [0.5, 0.6) is 11.5 Å². The summed E-state index contributed by atoms with van der Waals surface area (Å²) in [6.45, 7) is 9.00. The summed E-state index contributed by atoms with van der Waals surface area (Å²) < 4.78 is 11.5. The molecule has 1 aromatic carbocycles. The number of amides is 1. The number of amidine groups is 1. The Balaban J connectivity index is 0.00000312. The molecule has 0 saturated carbocycles. The van der Waals surface area contributed by atoms with Crippen LogP contribution in [0.3, 0.4) is 0 Å². The molecule has 0 aliphatic carbocycles. The first kappa shape index (κ1) is 21.1. The Kier molecular flexibility index (Phi) is 9.08. The number of para-hydroxylation sites is 2. The molecule has 1 aliphatic rings. The number of rotatable bonds is 7. The van der Waals surface area contributed by atoms with E-state index < -0.39 is 6.10 Å². The molecule has 1 atom stereocenters. The lowest BCUT2D eigenvalue weighted by molar-refractivity contribution is -0.117. The quantitative estimate of drug-likeness (QED) is 0.344. The fraction of sp³-hybridized carbons (Fsp3) is 0.529. The maximum Gasteiger partial charge on any atom is 0.222 e. The van der Waals surface area contributed by atoms with Crippen molar-refractivity contribution in [3.63, 3.8) is 0 Å². The van der Waals surface area contributed by atoms with Crippen LogP contribution in [-0.2, 0) is 9.63 Å². The Labute approximate surface area is 154 Å². The number of likely N-dealkylation sites (N-methyl/N-ethyl adjacent to an activating group) is 1. The third-order valence-corrected chi connectivity index (χ3v) is 3.67. The van der Waals surface area contributed by atoms with Crippen molar-refractivity contribution in [3.8, 4) is 11.5 Å². The van der Waals surface area contributed by atoms with Crippen LogP contribution in [-0.4, -0.2) is 55.6 Å². The van der Waals surface area contributed by atoms with Gasteiger partial charge in [-0.25, -0.2) is 0 Å². The van der Waals surface area contributed by atoms with E-state index in [9.17, 15) is 4.79 Å². The van der Waals surface area contributed by atoms with E-state index in [4.69, 9.17) is 14.3 Å². The maximum absolute atomic E-state index is 11.4. The molecule has 0 fully saturated rings.